The van der Waals surface area contributed by atoms with Crippen molar-refractivity contribution in [3.63, 3.8) is 0 Å². The lowest BCUT2D eigenvalue weighted by molar-refractivity contribution is 0.259. The summed E-state index contributed by atoms with van der Waals surface area (Å²) in [4.78, 5) is 2.55. The molecular weight excluding hydrogens is 272 g/mol. The van der Waals surface area contributed by atoms with E-state index < -0.39 is 0 Å². The zero-order valence-corrected chi connectivity index (χ0v) is 13.2. The maximum Gasteiger partial charge on any atom is 0.123 e. The number of nitrogens with zero attached hydrogens (tertiary/aromatic N) is 1. The predicted molar refractivity (Wildman–Crippen MR) is 84.6 cm³/mol. The van der Waals surface area contributed by atoms with Crippen LogP contribution in [0, 0.1) is 0 Å². The zero-order chi connectivity index (χ0) is 14.4. The minimum absolute atomic E-state index is 0.676. The van der Waals surface area contributed by atoms with Crippen LogP contribution in [0.2, 0.25) is 5.02 Å². The summed E-state index contributed by atoms with van der Waals surface area (Å²) in [7, 11) is 0. The van der Waals surface area contributed by atoms with Crippen molar-refractivity contribution in [2.75, 3.05) is 26.2 Å². The van der Waals surface area contributed by atoms with Gasteiger partial charge < -0.3 is 10.1 Å². The van der Waals surface area contributed by atoms with Crippen LogP contribution >= 0.6 is 11.6 Å². The Morgan fingerprint density at radius 1 is 1.40 bits per heavy atom. The van der Waals surface area contributed by atoms with Crippen molar-refractivity contribution in [2.45, 2.75) is 39.3 Å². The van der Waals surface area contributed by atoms with Crippen molar-refractivity contribution >= 4 is 11.6 Å². The largest absolute Gasteiger partial charge is 0.494 e. The first kappa shape index (κ1) is 15.6. The fourth-order valence-electron chi connectivity index (χ4n) is 2.90. The molecule has 112 valence electrons. The highest BCUT2D eigenvalue weighted by atomic mass is 35.5. The molecule has 1 heterocycles. The van der Waals surface area contributed by atoms with E-state index in [4.69, 9.17) is 16.3 Å². The third-order valence-electron chi connectivity index (χ3n) is 3.92. The highest BCUT2D eigenvalue weighted by Gasteiger charge is 2.22. The van der Waals surface area contributed by atoms with Gasteiger partial charge in [-0.15, -0.1) is 0 Å². The molecule has 1 aromatic carbocycles. The molecule has 0 radical (unpaired) electrons. The molecule has 0 aromatic heterocycles. The lowest BCUT2D eigenvalue weighted by atomic mass is 10.1. The van der Waals surface area contributed by atoms with E-state index in [1.807, 2.05) is 25.1 Å². The van der Waals surface area contributed by atoms with Crippen LogP contribution in [-0.4, -0.2) is 37.2 Å². The van der Waals surface area contributed by atoms with Crippen LogP contribution in [0.5, 0.6) is 5.75 Å². The van der Waals surface area contributed by atoms with E-state index in [1.165, 1.54) is 19.4 Å². The van der Waals surface area contributed by atoms with E-state index in [1.54, 1.807) is 0 Å². The van der Waals surface area contributed by atoms with Gasteiger partial charge in [-0.25, -0.2) is 0 Å². The van der Waals surface area contributed by atoms with E-state index in [0.29, 0.717) is 12.6 Å². The number of likely N-dealkylation sites (N-methyl/N-ethyl adjacent to an activating group) is 1. The molecule has 1 atom stereocenters. The Balaban J connectivity index is 1.88. The lowest BCUT2D eigenvalue weighted by Crippen LogP contribution is -2.37. The molecule has 0 spiro atoms. The van der Waals surface area contributed by atoms with Gasteiger partial charge in [-0.3, -0.25) is 4.90 Å². The van der Waals surface area contributed by atoms with Crippen LogP contribution in [0.1, 0.15) is 32.3 Å². The van der Waals surface area contributed by atoms with E-state index in [0.717, 1.165) is 36.0 Å². The Kier molecular flexibility index (Phi) is 6.14. The molecule has 0 bridgehead atoms. The SMILES string of the molecule is CCOc1ccc(Cl)cc1CNC[C@@H]1CCCN1CC. The summed E-state index contributed by atoms with van der Waals surface area (Å²) in [5.41, 5.74) is 1.14. The van der Waals surface area contributed by atoms with Crippen LogP contribution in [0.3, 0.4) is 0 Å². The van der Waals surface area contributed by atoms with Gasteiger partial charge in [0.2, 0.25) is 0 Å². The average Bonchev–Trinajstić information content (AvgIpc) is 2.89. The Morgan fingerprint density at radius 2 is 2.25 bits per heavy atom. The molecule has 1 N–H and O–H groups in total. The first-order valence-corrected chi connectivity index (χ1v) is 7.98. The maximum absolute atomic E-state index is 6.08. The molecular formula is C16H25ClN2O. The van der Waals surface area contributed by atoms with E-state index in [-0.39, 0.29) is 0 Å². The van der Waals surface area contributed by atoms with Crippen molar-refractivity contribution in [3.8, 4) is 5.75 Å². The summed E-state index contributed by atoms with van der Waals surface area (Å²) in [6.07, 6.45) is 2.62. The highest BCUT2D eigenvalue weighted by molar-refractivity contribution is 6.30. The number of hydrogen-bond acceptors (Lipinski definition) is 3. The standard InChI is InChI=1S/C16H25ClN2O/c1-3-19-9-5-6-15(19)12-18-11-13-10-14(17)7-8-16(13)20-4-2/h7-8,10,15,18H,3-6,9,11-12H2,1-2H3/t15-/m0/s1. The van der Waals surface area contributed by atoms with Crippen LogP contribution in [0.25, 0.3) is 0 Å². The highest BCUT2D eigenvalue weighted by Crippen LogP contribution is 2.23. The molecule has 3 nitrogen and oxygen atoms in total. The first-order chi connectivity index (χ1) is 9.74. The molecule has 0 saturated carbocycles. The van der Waals surface area contributed by atoms with Gasteiger partial charge in [-0.1, -0.05) is 18.5 Å². The average molecular weight is 297 g/mol. The van der Waals surface area contributed by atoms with E-state index in [2.05, 4.69) is 17.1 Å². The Morgan fingerprint density at radius 3 is 3.00 bits per heavy atom. The number of halogens is 1. The van der Waals surface area contributed by atoms with Gasteiger partial charge in [0.1, 0.15) is 5.75 Å². The molecule has 1 saturated heterocycles. The van der Waals surface area contributed by atoms with Gasteiger partial charge >= 0.3 is 0 Å². The van der Waals surface area contributed by atoms with Crippen LogP contribution in [0.4, 0.5) is 0 Å². The summed E-state index contributed by atoms with van der Waals surface area (Å²) >= 11 is 6.08. The van der Waals surface area contributed by atoms with Crippen LogP contribution < -0.4 is 10.1 Å². The number of ether oxygens (including phenoxy) is 1. The van der Waals surface area contributed by atoms with Gasteiger partial charge in [-0.05, 0) is 51.1 Å². The predicted octanol–water partition coefficient (Wildman–Crippen LogP) is 3.31. The lowest BCUT2D eigenvalue weighted by Gasteiger charge is -2.23. The first-order valence-electron chi connectivity index (χ1n) is 7.60. The maximum atomic E-state index is 6.08. The Hall–Kier alpha value is -0.770. The van der Waals surface area contributed by atoms with E-state index >= 15 is 0 Å². The molecule has 2 rings (SSSR count). The third kappa shape index (κ3) is 4.11. The fourth-order valence-corrected chi connectivity index (χ4v) is 3.09. The van der Waals surface area contributed by atoms with Crippen molar-refractivity contribution in [1.29, 1.82) is 0 Å². The normalized spacial score (nSPS) is 19.4. The van der Waals surface area contributed by atoms with Crippen LogP contribution in [-0.2, 0) is 6.54 Å². The number of hydrogen-bond donors (Lipinski definition) is 1. The number of benzene rings is 1. The molecule has 20 heavy (non-hydrogen) atoms. The molecule has 0 amide bonds. The number of likely N-dealkylation sites (tertiary alicyclic amines) is 1. The summed E-state index contributed by atoms with van der Waals surface area (Å²) in [6, 6.07) is 6.50. The second-order valence-corrected chi connectivity index (χ2v) is 5.68. The Labute approximate surface area is 127 Å². The monoisotopic (exact) mass is 296 g/mol. The van der Waals surface area contributed by atoms with Crippen molar-refractivity contribution < 1.29 is 4.74 Å². The van der Waals surface area contributed by atoms with Gasteiger partial charge in [0, 0.05) is 29.7 Å². The molecule has 1 fully saturated rings. The fraction of sp³-hybridized carbons (Fsp3) is 0.625. The topological polar surface area (TPSA) is 24.5 Å². The molecule has 1 aliphatic heterocycles. The minimum atomic E-state index is 0.676. The molecule has 0 unspecified atom stereocenters. The van der Waals surface area contributed by atoms with Crippen LogP contribution in [0.15, 0.2) is 18.2 Å². The number of rotatable bonds is 7. The molecule has 4 heteroatoms. The second kappa shape index (κ2) is 7.87. The Bertz CT molecular complexity index is 425. The smallest absolute Gasteiger partial charge is 0.123 e. The second-order valence-electron chi connectivity index (χ2n) is 5.24. The van der Waals surface area contributed by atoms with Gasteiger partial charge in [0.25, 0.3) is 0 Å². The van der Waals surface area contributed by atoms with Crippen molar-refractivity contribution in [3.05, 3.63) is 28.8 Å². The summed E-state index contributed by atoms with van der Waals surface area (Å²) in [6.45, 7) is 9.15. The summed E-state index contributed by atoms with van der Waals surface area (Å²) < 4.78 is 5.65. The quantitative estimate of drug-likeness (QED) is 0.835. The van der Waals surface area contributed by atoms with Gasteiger partial charge in [-0.2, -0.15) is 0 Å². The third-order valence-corrected chi connectivity index (χ3v) is 4.16. The molecule has 1 aliphatic rings. The van der Waals surface area contributed by atoms with Gasteiger partial charge in [0.05, 0.1) is 6.61 Å². The van der Waals surface area contributed by atoms with E-state index in [9.17, 15) is 0 Å². The van der Waals surface area contributed by atoms with Crippen molar-refractivity contribution in [1.82, 2.24) is 10.2 Å². The molecule has 1 aromatic rings. The zero-order valence-electron chi connectivity index (χ0n) is 12.5. The minimum Gasteiger partial charge on any atom is -0.494 e. The summed E-state index contributed by atoms with van der Waals surface area (Å²) in [5, 5.41) is 4.32. The van der Waals surface area contributed by atoms with Crippen molar-refractivity contribution in [2.24, 2.45) is 0 Å². The number of nitrogens with one attached hydrogen (secondary N) is 1. The summed E-state index contributed by atoms with van der Waals surface area (Å²) in [5.74, 6) is 0.933. The van der Waals surface area contributed by atoms with Gasteiger partial charge in [0.15, 0.2) is 0 Å². The molecule has 0 aliphatic carbocycles.